The first-order valence-electron chi connectivity index (χ1n) is 2.88. The molecule has 0 spiro atoms. The van der Waals surface area contributed by atoms with Gasteiger partial charge in [0.15, 0.2) is 0 Å². The van der Waals surface area contributed by atoms with Gasteiger partial charge in [-0.05, 0) is 28.1 Å². The zero-order valence-corrected chi connectivity index (χ0v) is 7.78. The van der Waals surface area contributed by atoms with Crippen molar-refractivity contribution in [3.05, 3.63) is 28.0 Å². The predicted octanol–water partition coefficient (Wildman–Crippen LogP) is 3.03. The number of halogens is 3. The molecule has 0 aliphatic rings. The van der Waals surface area contributed by atoms with Gasteiger partial charge in [-0.3, -0.25) is 0 Å². The first-order chi connectivity index (χ1) is 5.15. The van der Waals surface area contributed by atoms with Crippen molar-refractivity contribution in [3.63, 3.8) is 0 Å². The SMILES string of the molecule is Oc1cc(CCl)c(F)cc1Br. The second kappa shape index (κ2) is 3.41. The molecule has 60 valence electrons. The van der Waals surface area contributed by atoms with Crippen molar-refractivity contribution < 1.29 is 9.50 Å². The van der Waals surface area contributed by atoms with Gasteiger partial charge in [0.25, 0.3) is 0 Å². The molecular weight excluding hydrogens is 234 g/mol. The summed E-state index contributed by atoms with van der Waals surface area (Å²) in [5.41, 5.74) is 0.298. The van der Waals surface area contributed by atoms with Crippen LogP contribution in [0.25, 0.3) is 0 Å². The molecule has 1 aromatic carbocycles. The summed E-state index contributed by atoms with van der Waals surface area (Å²) in [7, 11) is 0. The number of aromatic hydroxyl groups is 1. The molecule has 4 heteroatoms. The molecule has 0 aliphatic heterocycles. The molecule has 1 rings (SSSR count). The molecule has 1 nitrogen and oxygen atoms in total. The van der Waals surface area contributed by atoms with Crippen LogP contribution in [0, 0.1) is 5.82 Å². The summed E-state index contributed by atoms with van der Waals surface area (Å²) in [5, 5.41) is 9.08. The lowest BCUT2D eigenvalue weighted by molar-refractivity contribution is 0.468. The van der Waals surface area contributed by atoms with E-state index in [0.717, 1.165) is 0 Å². The minimum atomic E-state index is -0.412. The fraction of sp³-hybridized carbons (Fsp3) is 0.143. The first kappa shape index (κ1) is 8.81. The maximum Gasteiger partial charge on any atom is 0.130 e. The van der Waals surface area contributed by atoms with Gasteiger partial charge in [-0.25, -0.2) is 4.39 Å². The summed E-state index contributed by atoms with van der Waals surface area (Å²) >= 11 is 8.37. The van der Waals surface area contributed by atoms with Gasteiger partial charge in [0.1, 0.15) is 11.6 Å². The van der Waals surface area contributed by atoms with Gasteiger partial charge in [-0.15, -0.1) is 11.6 Å². The van der Waals surface area contributed by atoms with Crippen molar-refractivity contribution in [2.24, 2.45) is 0 Å². The van der Waals surface area contributed by atoms with Crippen molar-refractivity contribution in [1.29, 1.82) is 0 Å². The Morgan fingerprint density at radius 1 is 1.55 bits per heavy atom. The molecule has 0 aliphatic carbocycles. The summed E-state index contributed by atoms with van der Waals surface area (Å²) in [6, 6.07) is 2.49. The first-order valence-corrected chi connectivity index (χ1v) is 4.20. The average Bonchev–Trinajstić information content (AvgIpc) is 1.97. The minimum absolute atomic E-state index is 0.00190. The number of alkyl halides is 1. The number of phenols is 1. The summed E-state index contributed by atoms with van der Waals surface area (Å²) in [6.07, 6.45) is 0. The van der Waals surface area contributed by atoms with Gasteiger partial charge in [0, 0.05) is 5.56 Å². The lowest BCUT2D eigenvalue weighted by Gasteiger charge is -2.00. The van der Waals surface area contributed by atoms with Crippen molar-refractivity contribution in [2.45, 2.75) is 5.88 Å². The topological polar surface area (TPSA) is 20.2 Å². The number of hydrogen-bond donors (Lipinski definition) is 1. The standard InChI is InChI=1S/C7H5BrClFO/c8-5-2-6(10)4(3-9)1-7(5)11/h1-2,11H,3H2. The van der Waals surface area contributed by atoms with E-state index >= 15 is 0 Å². The van der Waals surface area contributed by atoms with Crippen LogP contribution < -0.4 is 0 Å². The highest BCUT2D eigenvalue weighted by Crippen LogP contribution is 2.27. The molecule has 0 aromatic heterocycles. The third-order valence-electron chi connectivity index (χ3n) is 1.26. The maximum atomic E-state index is 12.8. The zero-order valence-electron chi connectivity index (χ0n) is 5.44. The van der Waals surface area contributed by atoms with E-state index in [2.05, 4.69) is 15.9 Å². The monoisotopic (exact) mass is 238 g/mol. The second-order valence-electron chi connectivity index (χ2n) is 2.03. The van der Waals surface area contributed by atoms with Crippen LogP contribution in [0.15, 0.2) is 16.6 Å². The van der Waals surface area contributed by atoms with Crippen LogP contribution in [0.2, 0.25) is 0 Å². The molecule has 0 fully saturated rings. The number of phenolic OH excluding ortho intramolecular Hbond substituents is 1. The predicted molar refractivity (Wildman–Crippen MR) is 45.3 cm³/mol. The van der Waals surface area contributed by atoms with Crippen molar-refractivity contribution in [3.8, 4) is 5.75 Å². The Morgan fingerprint density at radius 2 is 2.18 bits per heavy atom. The van der Waals surface area contributed by atoms with Crippen LogP contribution in [-0.2, 0) is 5.88 Å². The largest absolute Gasteiger partial charge is 0.507 e. The molecule has 11 heavy (non-hydrogen) atoms. The maximum absolute atomic E-state index is 12.8. The van der Waals surface area contributed by atoms with E-state index in [4.69, 9.17) is 16.7 Å². The Morgan fingerprint density at radius 3 is 2.73 bits per heavy atom. The Balaban J connectivity index is 3.21. The zero-order chi connectivity index (χ0) is 8.43. The van der Waals surface area contributed by atoms with E-state index in [1.54, 1.807) is 0 Å². The number of benzene rings is 1. The fourth-order valence-electron chi connectivity index (χ4n) is 0.683. The summed E-state index contributed by atoms with van der Waals surface area (Å²) in [4.78, 5) is 0. The third kappa shape index (κ3) is 1.84. The highest BCUT2D eigenvalue weighted by Gasteiger charge is 2.05. The van der Waals surface area contributed by atoms with Gasteiger partial charge in [0.05, 0.1) is 10.4 Å². The Hall–Kier alpha value is -0.280. The third-order valence-corrected chi connectivity index (χ3v) is 2.18. The number of hydrogen-bond acceptors (Lipinski definition) is 1. The molecule has 0 heterocycles. The van der Waals surface area contributed by atoms with Gasteiger partial charge in [-0.1, -0.05) is 0 Å². The highest BCUT2D eigenvalue weighted by molar-refractivity contribution is 9.10. The Bertz CT molecular complexity index is 277. The van der Waals surface area contributed by atoms with E-state index < -0.39 is 5.82 Å². The van der Waals surface area contributed by atoms with E-state index in [9.17, 15) is 4.39 Å². The summed E-state index contributed by atoms with van der Waals surface area (Å²) < 4.78 is 13.1. The minimum Gasteiger partial charge on any atom is -0.507 e. The number of rotatable bonds is 1. The van der Waals surface area contributed by atoms with Gasteiger partial charge in [0.2, 0.25) is 0 Å². The quantitative estimate of drug-likeness (QED) is 0.747. The van der Waals surface area contributed by atoms with Crippen LogP contribution in [0.1, 0.15) is 5.56 Å². The van der Waals surface area contributed by atoms with Crippen LogP contribution in [0.5, 0.6) is 5.75 Å². The van der Waals surface area contributed by atoms with E-state index in [1.807, 2.05) is 0 Å². The normalized spacial score (nSPS) is 10.1. The molecule has 0 atom stereocenters. The van der Waals surface area contributed by atoms with Crippen molar-refractivity contribution in [2.75, 3.05) is 0 Å². The van der Waals surface area contributed by atoms with E-state index in [-0.39, 0.29) is 11.6 Å². The highest BCUT2D eigenvalue weighted by atomic mass is 79.9. The molecular formula is C7H5BrClFO. The lowest BCUT2D eigenvalue weighted by Crippen LogP contribution is -1.85. The lowest BCUT2D eigenvalue weighted by atomic mass is 10.2. The molecule has 1 N–H and O–H groups in total. The molecule has 0 saturated heterocycles. The second-order valence-corrected chi connectivity index (χ2v) is 3.15. The van der Waals surface area contributed by atoms with Crippen LogP contribution in [-0.4, -0.2) is 5.11 Å². The molecule has 0 unspecified atom stereocenters. The van der Waals surface area contributed by atoms with Crippen LogP contribution >= 0.6 is 27.5 Å². The Kier molecular flexibility index (Phi) is 2.73. The molecule has 0 amide bonds. The Labute approximate surface area is 76.9 Å². The van der Waals surface area contributed by atoms with Crippen molar-refractivity contribution >= 4 is 27.5 Å². The van der Waals surface area contributed by atoms with Gasteiger partial charge >= 0.3 is 0 Å². The summed E-state index contributed by atoms with van der Waals surface area (Å²) in [6.45, 7) is 0. The molecule has 0 bridgehead atoms. The van der Waals surface area contributed by atoms with Gasteiger partial charge in [-0.2, -0.15) is 0 Å². The van der Waals surface area contributed by atoms with E-state index in [1.165, 1.54) is 12.1 Å². The van der Waals surface area contributed by atoms with E-state index in [0.29, 0.717) is 10.0 Å². The molecule has 1 aromatic rings. The van der Waals surface area contributed by atoms with Crippen molar-refractivity contribution in [1.82, 2.24) is 0 Å². The van der Waals surface area contributed by atoms with Crippen LogP contribution in [0.4, 0.5) is 4.39 Å². The fourth-order valence-corrected chi connectivity index (χ4v) is 1.20. The molecule has 0 saturated carbocycles. The summed E-state index contributed by atoms with van der Waals surface area (Å²) in [5.74, 6) is -0.348. The smallest absolute Gasteiger partial charge is 0.130 e. The van der Waals surface area contributed by atoms with Crippen LogP contribution in [0.3, 0.4) is 0 Å². The molecule has 0 radical (unpaired) electrons. The average molecular weight is 239 g/mol. The van der Waals surface area contributed by atoms with Gasteiger partial charge < -0.3 is 5.11 Å².